The van der Waals surface area contributed by atoms with E-state index in [4.69, 9.17) is 4.74 Å². The quantitative estimate of drug-likeness (QED) is 0.395. The fourth-order valence-corrected chi connectivity index (χ4v) is 1.64. The minimum Gasteiger partial charge on any atom is -0.465 e. The molecule has 0 aliphatic heterocycles. The smallest absolute Gasteiger partial charge is 0.316 e. The van der Waals surface area contributed by atoms with Crippen molar-refractivity contribution < 1.29 is 14.6 Å². The van der Waals surface area contributed by atoms with Crippen LogP contribution in [0.5, 0.6) is 0 Å². The molecule has 3 heteroatoms. The second kappa shape index (κ2) is 10.6. The van der Waals surface area contributed by atoms with E-state index in [0.29, 0.717) is 13.0 Å². The molecule has 3 nitrogen and oxygen atoms in total. The second-order valence-electron chi connectivity index (χ2n) is 4.56. The Morgan fingerprint density at radius 3 is 2.68 bits per heavy atom. The Labute approximate surface area is 116 Å². The number of carbonyl (C=O) groups is 1. The van der Waals surface area contributed by atoms with Gasteiger partial charge in [0.25, 0.3) is 0 Å². The maximum absolute atomic E-state index is 11.8. The first-order valence-electron chi connectivity index (χ1n) is 6.94. The van der Waals surface area contributed by atoms with Gasteiger partial charge in [-0.1, -0.05) is 19.4 Å². The highest BCUT2D eigenvalue weighted by Crippen LogP contribution is 2.13. The van der Waals surface area contributed by atoms with E-state index in [2.05, 4.69) is 19.2 Å². The van der Waals surface area contributed by atoms with Crippen LogP contribution in [0.3, 0.4) is 0 Å². The summed E-state index contributed by atoms with van der Waals surface area (Å²) in [6.07, 6.45) is 5.96. The number of hydrogen-bond donors (Lipinski definition) is 1. The topological polar surface area (TPSA) is 46.5 Å². The maximum Gasteiger partial charge on any atom is 0.316 e. The number of aliphatic hydroxyl groups is 1. The van der Waals surface area contributed by atoms with Gasteiger partial charge in [-0.2, -0.15) is 0 Å². The Morgan fingerprint density at radius 1 is 1.47 bits per heavy atom. The molecule has 0 radical (unpaired) electrons. The van der Waals surface area contributed by atoms with Crippen LogP contribution in [-0.2, 0) is 9.53 Å². The Balaban J connectivity index is 4.87. The van der Waals surface area contributed by atoms with Gasteiger partial charge in [0.15, 0.2) is 0 Å². The highest BCUT2D eigenvalue weighted by molar-refractivity contribution is 5.75. The molecule has 0 heterocycles. The zero-order valence-corrected chi connectivity index (χ0v) is 12.3. The molecule has 0 aromatic rings. The molecule has 0 saturated heterocycles. The summed E-state index contributed by atoms with van der Waals surface area (Å²) < 4.78 is 4.97. The molecule has 19 heavy (non-hydrogen) atoms. The molecule has 0 aromatic carbocycles. The van der Waals surface area contributed by atoms with E-state index >= 15 is 0 Å². The molecule has 0 bridgehead atoms. The average Bonchev–Trinajstić information content (AvgIpc) is 2.37. The minimum atomic E-state index is -0.803. The fourth-order valence-electron chi connectivity index (χ4n) is 1.64. The van der Waals surface area contributed by atoms with Crippen LogP contribution in [0, 0.1) is 5.92 Å². The lowest BCUT2D eigenvalue weighted by Gasteiger charge is -2.16. The normalized spacial score (nSPS) is 13.1. The van der Waals surface area contributed by atoms with Crippen molar-refractivity contribution in [3.63, 3.8) is 0 Å². The number of ether oxygens (including phenoxy) is 1. The molecule has 0 rings (SSSR count). The Bertz CT molecular complexity index is 338. The number of carbonyl (C=O) groups excluding carboxylic acids is 1. The highest BCUT2D eigenvalue weighted by Gasteiger charge is 2.24. The summed E-state index contributed by atoms with van der Waals surface area (Å²) in [5.41, 5.74) is 4.18. The molecule has 0 saturated carbocycles. The Morgan fingerprint density at radius 2 is 2.16 bits per heavy atom. The van der Waals surface area contributed by atoms with Crippen molar-refractivity contribution in [3.05, 3.63) is 30.0 Å². The lowest BCUT2D eigenvalue weighted by Crippen LogP contribution is -2.28. The van der Waals surface area contributed by atoms with E-state index < -0.39 is 18.0 Å². The van der Waals surface area contributed by atoms with Crippen molar-refractivity contribution in [2.75, 3.05) is 6.61 Å². The van der Waals surface area contributed by atoms with Crippen LogP contribution in [0.2, 0.25) is 0 Å². The third-order valence-electron chi connectivity index (χ3n) is 2.80. The van der Waals surface area contributed by atoms with Gasteiger partial charge in [0.1, 0.15) is 5.92 Å². The first-order valence-corrected chi connectivity index (χ1v) is 6.94. The van der Waals surface area contributed by atoms with Crippen molar-refractivity contribution in [2.24, 2.45) is 5.92 Å². The van der Waals surface area contributed by atoms with E-state index in [0.717, 1.165) is 24.8 Å². The van der Waals surface area contributed by atoms with E-state index in [1.165, 1.54) is 0 Å². The summed E-state index contributed by atoms with van der Waals surface area (Å²) >= 11 is 0. The predicted molar refractivity (Wildman–Crippen MR) is 77.7 cm³/mol. The number of unbranched alkanes of at least 4 members (excludes halogenated alkanes) is 1. The highest BCUT2D eigenvalue weighted by atomic mass is 16.5. The first kappa shape index (κ1) is 17.7. The predicted octanol–water partition coefficient (Wildman–Crippen LogP) is 3.39. The molecular formula is C16H26O3. The molecule has 0 amide bonds. The zero-order valence-electron chi connectivity index (χ0n) is 12.3. The minimum absolute atomic E-state index is 0.308. The van der Waals surface area contributed by atoms with E-state index in [9.17, 15) is 9.90 Å². The second-order valence-corrected chi connectivity index (χ2v) is 4.56. The van der Waals surface area contributed by atoms with Gasteiger partial charge in [-0.25, -0.2) is 0 Å². The number of aliphatic hydroxyl groups excluding tert-OH is 1. The number of esters is 1. The van der Waals surface area contributed by atoms with E-state index in [1.807, 2.05) is 6.92 Å². The van der Waals surface area contributed by atoms with E-state index in [-0.39, 0.29) is 0 Å². The molecule has 0 aliphatic carbocycles. The Hall–Kier alpha value is -1.31. The summed E-state index contributed by atoms with van der Waals surface area (Å²) in [4.78, 5) is 11.8. The molecule has 108 valence electrons. The van der Waals surface area contributed by atoms with Gasteiger partial charge in [0.05, 0.1) is 12.7 Å². The van der Waals surface area contributed by atoms with Gasteiger partial charge in [-0.3, -0.25) is 4.79 Å². The largest absolute Gasteiger partial charge is 0.465 e. The molecule has 0 fully saturated rings. The summed E-state index contributed by atoms with van der Waals surface area (Å²) in [5.74, 6) is -1.08. The standard InChI is InChI=1S/C16H26O3/c1-5-8-10-13(4)11-12-14(15(17)9-6-2)16(18)19-7-3/h6,12,14-15,17H,2,5,7-10H2,1,3-4H3. The molecule has 0 aliphatic rings. The van der Waals surface area contributed by atoms with Gasteiger partial charge >= 0.3 is 5.97 Å². The summed E-state index contributed by atoms with van der Waals surface area (Å²) in [5, 5.41) is 9.94. The van der Waals surface area contributed by atoms with Crippen LogP contribution < -0.4 is 0 Å². The van der Waals surface area contributed by atoms with E-state index in [1.54, 1.807) is 19.1 Å². The van der Waals surface area contributed by atoms with Gasteiger partial charge in [-0.15, -0.1) is 12.3 Å². The Kier molecular flexibility index (Phi) is 9.87. The van der Waals surface area contributed by atoms with Crippen LogP contribution in [0.15, 0.2) is 30.0 Å². The maximum atomic E-state index is 11.8. The molecule has 2 unspecified atom stereocenters. The summed E-state index contributed by atoms with van der Waals surface area (Å²) in [6, 6.07) is 0. The SMILES string of the molecule is C=CCC(O)C(C=C=C(C)CCCC)C(=O)OCC. The lowest BCUT2D eigenvalue weighted by atomic mass is 9.99. The van der Waals surface area contributed by atoms with Crippen molar-refractivity contribution >= 4 is 5.97 Å². The van der Waals surface area contributed by atoms with Crippen molar-refractivity contribution in [2.45, 2.75) is 52.6 Å². The van der Waals surface area contributed by atoms with Gasteiger partial charge in [0, 0.05) is 0 Å². The van der Waals surface area contributed by atoms with Crippen molar-refractivity contribution in [1.82, 2.24) is 0 Å². The first-order chi connectivity index (χ1) is 9.06. The third-order valence-corrected chi connectivity index (χ3v) is 2.80. The van der Waals surface area contributed by atoms with Gasteiger partial charge in [-0.05, 0) is 44.8 Å². The van der Waals surface area contributed by atoms with Crippen LogP contribution in [0.25, 0.3) is 0 Å². The lowest BCUT2D eigenvalue weighted by molar-refractivity contribution is -0.149. The average molecular weight is 266 g/mol. The monoisotopic (exact) mass is 266 g/mol. The molecule has 0 spiro atoms. The zero-order chi connectivity index (χ0) is 14.7. The van der Waals surface area contributed by atoms with Crippen molar-refractivity contribution in [3.8, 4) is 0 Å². The number of hydrogen-bond acceptors (Lipinski definition) is 3. The molecule has 0 aromatic heterocycles. The van der Waals surface area contributed by atoms with Gasteiger partial charge < -0.3 is 9.84 Å². The molecule has 1 N–H and O–H groups in total. The van der Waals surface area contributed by atoms with Crippen LogP contribution in [0.1, 0.15) is 46.5 Å². The van der Waals surface area contributed by atoms with Gasteiger partial charge in [0.2, 0.25) is 0 Å². The molecular weight excluding hydrogens is 240 g/mol. The number of rotatable bonds is 9. The van der Waals surface area contributed by atoms with Crippen LogP contribution in [-0.4, -0.2) is 23.8 Å². The fraction of sp³-hybridized carbons (Fsp3) is 0.625. The summed E-state index contributed by atoms with van der Waals surface area (Å²) in [7, 11) is 0. The van der Waals surface area contributed by atoms with Crippen LogP contribution >= 0.6 is 0 Å². The van der Waals surface area contributed by atoms with Crippen LogP contribution in [0.4, 0.5) is 0 Å². The third kappa shape index (κ3) is 7.66. The van der Waals surface area contributed by atoms with Crippen molar-refractivity contribution in [1.29, 1.82) is 0 Å². The molecule has 2 atom stereocenters. The summed E-state index contributed by atoms with van der Waals surface area (Å²) in [6.45, 7) is 9.74.